The van der Waals surface area contributed by atoms with Gasteiger partial charge in [0.25, 0.3) is 0 Å². The lowest BCUT2D eigenvalue weighted by atomic mass is 10.0. The molecular weight excluding hydrogens is 272 g/mol. The second kappa shape index (κ2) is 10.0. The molecule has 1 aromatic carbocycles. The summed E-state index contributed by atoms with van der Waals surface area (Å²) in [5.74, 6) is 0. The van der Waals surface area contributed by atoms with Crippen LogP contribution in [-0.2, 0) is 15.9 Å². The molecule has 0 radical (unpaired) electrons. The van der Waals surface area contributed by atoms with Crippen molar-refractivity contribution in [3.63, 3.8) is 0 Å². The number of benzene rings is 1. The van der Waals surface area contributed by atoms with Crippen LogP contribution in [0.4, 0.5) is 0 Å². The van der Waals surface area contributed by atoms with Gasteiger partial charge < -0.3 is 9.47 Å². The summed E-state index contributed by atoms with van der Waals surface area (Å²) in [6.45, 7) is 5.30. The van der Waals surface area contributed by atoms with Crippen LogP contribution >= 0.6 is 0 Å². The van der Waals surface area contributed by atoms with E-state index in [4.69, 9.17) is 9.47 Å². The van der Waals surface area contributed by atoms with E-state index in [1.165, 1.54) is 50.5 Å². The Hall–Kier alpha value is -0.860. The van der Waals surface area contributed by atoms with Crippen LogP contribution in [0.1, 0.15) is 82.6 Å². The molecule has 2 nitrogen and oxygen atoms in total. The molecule has 0 N–H and O–H groups in total. The molecule has 1 fully saturated rings. The van der Waals surface area contributed by atoms with Gasteiger partial charge in [-0.05, 0) is 24.8 Å². The van der Waals surface area contributed by atoms with Crippen molar-refractivity contribution in [3.8, 4) is 0 Å². The van der Waals surface area contributed by atoms with Gasteiger partial charge in [0.1, 0.15) is 0 Å². The molecule has 0 amide bonds. The Morgan fingerprint density at radius 3 is 2.45 bits per heavy atom. The van der Waals surface area contributed by atoms with Gasteiger partial charge in [-0.3, -0.25) is 0 Å². The molecule has 124 valence electrons. The molecule has 1 aromatic rings. The molecule has 1 saturated heterocycles. The van der Waals surface area contributed by atoms with E-state index in [0.29, 0.717) is 6.10 Å². The summed E-state index contributed by atoms with van der Waals surface area (Å²) in [6.07, 6.45) is 11.4. The minimum atomic E-state index is -0.162. The highest BCUT2D eigenvalue weighted by Gasteiger charge is 2.23. The second-order valence-electron chi connectivity index (χ2n) is 6.44. The Balaban J connectivity index is 1.77. The van der Waals surface area contributed by atoms with E-state index in [9.17, 15) is 0 Å². The first-order chi connectivity index (χ1) is 10.8. The molecular formula is C20H32O2. The Morgan fingerprint density at radius 2 is 1.73 bits per heavy atom. The van der Waals surface area contributed by atoms with Crippen molar-refractivity contribution in [1.29, 1.82) is 0 Å². The maximum absolute atomic E-state index is 6.16. The molecule has 0 aromatic heterocycles. The number of hydrogen-bond donors (Lipinski definition) is 0. The van der Waals surface area contributed by atoms with Gasteiger partial charge in [0.05, 0.1) is 12.7 Å². The molecule has 1 heterocycles. The average Bonchev–Trinajstić information content (AvgIpc) is 2.56. The van der Waals surface area contributed by atoms with Gasteiger partial charge in [0, 0.05) is 5.56 Å². The van der Waals surface area contributed by atoms with Crippen molar-refractivity contribution < 1.29 is 9.47 Å². The number of aryl methyl sites for hydroxylation is 1. The fourth-order valence-electron chi connectivity index (χ4n) is 3.08. The summed E-state index contributed by atoms with van der Waals surface area (Å²) in [5.41, 5.74) is 2.56. The predicted molar refractivity (Wildman–Crippen MR) is 92.0 cm³/mol. The van der Waals surface area contributed by atoms with Crippen molar-refractivity contribution in [3.05, 3.63) is 35.4 Å². The van der Waals surface area contributed by atoms with Crippen molar-refractivity contribution in [1.82, 2.24) is 0 Å². The molecule has 0 bridgehead atoms. The summed E-state index contributed by atoms with van der Waals surface area (Å²) in [7, 11) is 0. The standard InChI is InChI=1S/C20H32O2/c1-3-5-6-7-8-10-19-15-16-21-20(22-19)18-13-11-17(9-4-2)12-14-18/h11-14,19-20H,3-10,15-16H2,1-2H3. The van der Waals surface area contributed by atoms with Crippen LogP contribution in [0.2, 0.25) is 0 Å². The van der Waals surface area contributed by atoms with Gasteiger partial charge >= 0.3 is 0 Å². The smallest absolute Gasteiger partial charge is 0.184 e. The number of rotatable bonds is 9. The Morgan fingerprint density at radius 1 is 0.955 bits per heavy atom. The first-order valence-corrected chi connectivity index (χ1v) is 9.19. The van der Waals surface area contributed by atoms with E-state index in [-0.39, 0.29) is 6.29 Å². The van der Waals surface area contributed by atoms with Crippen LogP contribution in [-0.4, -0.2) is 12.7 Å². The zero-order valence-electron chi connectivity index (χ0n) is 14.4. The SMILES string of the molecule is CCCCCCCC1CCOC(c2ccc(CCC)cc2)O1. The Kier molecular flexibility index (Phi) is 7.96. The third kappa shape index (κ3) is 5.73. The number of hydrogen-bond acceptors (Lipinski definition) is 2. The Labute approximate surface area is 136 Å². The predicted octanol–water partition coefficient (Wildman–Crippen LogP) is 5.80. The van der Waals surface area contributed by atoms with Crippen LogP contribution in [0.25, 0.3) is 0 Å². The molecule has 22 heavy (non-hydrogen) atoms. The highest BCUT2D eigenvalue weighted by atomic mass is 16.7. The summed E-state index contributed by atoms with van der Waals surface area (Å²) < 4.78 is 12.0. The highest BCUT2D eigenvalue weighted by Crippen LogP contribution is 2.28. The largest absolute Gasteiger partial charge is 0.348 e. The Bertz CT molecular complexity index is 399. The van der Waals surface area contributed by atoms with Crippen molar-refractivity contribution >= 4 is 0 Å². The molecule has 2 atom stereocenters. The van der Waals surface area contributed by atoms with Crippen molar-refractivity contribution in [2.75, 3.05) is 6.61 Å². The summed E-state index contributed by atoms with van der Waals surface area (Å²) in [5, 5.41) is 0. The minimum absolute atomic E-state index is 0.162. The fraction of sp³-hybridized carbons (Fsp3) is 0.700. The first kappa shape index (κ1) is 17.5. The lowest BCUT2D eigenvalue weighted by molar-refractivity contribution is -0.218. The molecule has 2 heteroatoms. The highest BCUT2D eigenvalue weighted by molar-refractivity contribution is 5.23. The first-order valence-electron chi connectivity index (χ1n) is 9.19. The number of unbranched alkanes of at least 4 members (excludes halogenated alkanes) is 4. The van der Waals surface area contributed by atoms with Crippen LogP contribution in [0.15, 0.2) is 24.3 Å². The van der Waals surface area contributed by atoms with Crippen LogP contribution in [0, 0.1) is 0 Å². The molecule has 2 rings (SSSR count). The van der Waals surface area contributed by atoms with Crippen molar-refractivity contribution in [2.45, 2.75) is 84.0 Å². The lowest BCUT2D eigenvalue weighted by Crippen LogP contribution is -2.27. The van der Waals surface area contributed by atoms with Crippen LogP contribution in [0.3, 0.4) is 0 Å². The molecule has 0 saturated carbocycles. The summed E-state index contributed by atoms with van der Waals surface area (Å²) in [6, 6.07) is 8.75. The monoisotopic (exact) mass is 304 g/mol. The molecule has 2 unspecified atom stereocenters. The topological polar surface area (TPSA) is 18.5 Å². The van der Waals surface area contributed by atoms with E-state index >= 15 is 0 Å². The second-order valence-corrected chi connectivity index (χ2v) is 6.44. The van der Waals surface area contributed by atoms with Crippen LogP contribution in [0.5, 0.6) is 0 Å². The zero-order chi connectivity index (χ0) is 15.6. The van der Waals surface area contributed by atoms with Crippen molar-refractivity contribution in [2.24, 2.45) is 0 Å². The van der Waals surface area contributed by atoms with E-state index in [0.717, 1.165) is 25.0 Å². The maximum atomic E-state index is 6.16. The van der Waals surface area contributed by atoms with E-state index in [2.05, 4.69) is 38.1 Å². The molecule has 0 aliphatic carbocycles. The normalized spacial score (nSPS) is 21.9. The molecule has 1 aliphatic rings. The maximum Gasteiger partial charge on any atom is 0.184 e. The molecule has 0 spiro atoms. The summed E-state index contributed by atoms with van der Waals surface area (Å²) >= 11 is 0. The van der Waals surface area contributed by atoms with E-state index in [1.54, 1.807) is 0 Å². The van der Waals surface area contributed by atoms with Gasteiger partial charge in [0.15, 0.2) is 6.29 Å². The quantitative estimate of drug-likeness (QED) is 0.536. The number of ether oxygens (including phenoxy) is 2. The zero-order valence-corrected chi connectivity index (χ0v) is 14.4. The third-order valence-corrected chi connectivity index (χ3v) is 4.45. The fourth-order valence-corrected chi connectivity index (χ4v) is 3.08. The van der Waals surface area contributed by atoms with Gasteiger partial charge in [0.2, 0.25) is 0 Å². The van der Waals surface area contributed by atoms with Gasteiger partial charge in [-0.25, -0.2) is 0 Å². The van der Waals surface area contributed by atoms with Gasteiger partial charge in [-0.1, -0.05) is 76.6 Å². The lowest BCUT2D eigenvalue weighted by Gasteiger charge is -2.30. The third-order valence-electron chi connectivity index (χ3n) is 4.45. The molecule has 1 aliphatic heterocycles. The van der Waals surface area contributed by atoms with Gasteiger partial charge in [-0.15, -0.1) is 0 Å². The van der Waals surface area contributed by atoms with E-state index in [1.807, 2.05) is 0 Å². The average molecular weight is 304 g/mol. The van der Waals surface area contributed by atoms with Gasteiger partial charge in [-0.2, -0.15) is 0 Å². The summed E-state index contributed by atoms with van der Waals surface area (Å²) in [4.78, 5) is 0. The van der Waals surface area contributed by atoms with E-state index < -0.39 is 0 Å². The van der Waals surface area contributed by atoms with Crippen LogP contribution < -0.4 is 0 Å². The minimum Gasteiger partial charge on any atom is -0.348 e.